The number of rotatable bonds is 1. The van der Waals surface area contributed by atoms with Crippen molar-refractivity contribution in [1.82, 2.24) is 19.4 Å². The number of nitrogens with one attached hydrogen (secondary N) is 1. The lowest BCUT2D eigenvalue weighted by atomic mass is 10.2. The highest BCUT2D eigenvalue weighted by atomic mass is 16.1. The van der Waals surface area contributed by atoms with Crippen molar-refractivity contribution in [2.75, 3.05) is 13.1 Å². The Hall–Kier alpha value is -1.62. The summed E-state index contributed by atoms with van der Waals surface area (Å²) >= 11 is 0. The van der Waals surface area contributed by atoms with Crippen molar-refractivity contribution in [1.29, 1.82) is 0 Å². The molecule has 1 unspecified atom stereocenters. The summed E-state index contributed by atoms with van der Waals surface area (Å²) in [5, 5.41) is 3.28. The van der Waals surface area contributed by atoms with Gasteiger partial charge in [-0.2, -0.15) is 0 Å². The molecule has 0 aliphatic carbocycles. The van der Waals surface area contributed by atoms with Crippen LogP contribution in [-0.2, 0) is 7.05 Å². The first-order valence-electron chi connectivity index (χ1n) is 5.51. The van der Waals surface area contributed by atoms with E-state index < -0.39 is 0 Å². The zero-order chi connectivity index (χ0) is 11.1. The molecule has 0 saturated carbocycles. The van der Waals surface area contributed by atoms with Crippen LogP contribution in [0.4, 0.5) is 0 Å². The topological polar surface area (TPSA) is 51.9 Å². The largest absolute Gasteiger partial charge is 0.330 e. The smallest absolute Gasteiger partial charge is 0.315 e. The molecular formula is C11H14N4O. The van der Waals surface area contributed by atoms with E-state index in [1.165, 1.54) is 0 Å². The van der Waals surface area contributed by atoms with Crippen LogP contribution in [-0.4, -0.2) is 27.2 Å². The van der Waals surface area contributed by atoms with Gasteiger partial charge in [0.25, 0.3) is 0 Å². The Morgan fingerprint density at radius 3 is 3.19 bits per heavy atom. The first-order valence-corrected chi connectivity index (χ1v) is 5.51. The average Bonchev–Trinajstić information content (AvgIpc) is 2.89. The predicted molar refractivity (Wildman–Crippen MR) is 61.5 cm³/mol. The highest BCUT2D eigenvalue weighted by molar-refractivity contribution is 5.71. The number of nitrogens with zero attached hydrogens (tertiary/aromatic N) is 3. The molecule has 1 fully saturated rings. The molecule has 2 aromatic heterocycles. The molecule has 1 aliphatic heterocycles. The molecule has 5 nitrogen and oxygen atoms in total. The first-order chi connectivity index (χ1) is 7.79. The summed E-state index contributed by atoms with van der Waals surface area (Å²) in [6.45, 7) is 1.85. The monoisotopic (exact) mass is 218 g/mol. The molecular weight excluding hydrogens is 204 g/mol. The Balaban J connectivity index is 2.30. The predicted octanol–water partition coefficient (Wildman–Crippen LogP) is 0.269. The van der Waals surface area contributed by atoms with Gasteiger partial charge in [0.05, 0.1) is 11.6 Å². The van der Waals surface area contributed by atoms with Crippen LogP contribution in [0.25, 0.3) is 11.2 Å². The van der Waals surface area contributed by atoms with E-state index in [1.54, 1.807) is 17.8 Å². The van der Waals surface area contributed by atoms with Gasteiger partial charge in [0.2, 0.25) is 0 Å². The van der Waals surface area contributed by atoms with Gasteiger partial charge in [-0.3, -0.25) is 9.13 Å². The third-order valence-electron chi connectivity index (χ3n) is 3.24. The number of fused-ring (bicyclic) bond motifs is 1. The van der Waals surface area contributed by atoms with Crippen LogP contribution in [0.5, 0.6) is 0 Å². The number of pyridine rings is 1. The molecule has 3 heterocycles. The van der Waals surface area contributed by atoms with Crippen LogP contribution in [0.15, 0.2) is 23.1 Å². The Kier molecular flexibility index (Phi) is 2.07. The first kappa shape index (κ1) is 9.59. The van der Waals surface area contributed by atoms with Crippen LogP contribution >= 0.6 is 0 Å². The second-order valence-electron chi connectivity index (χ2n) is 4.20. The van der Waals surface area contributed by atoms with Crippen LogP contribution in [0.3, 0.4) is 0 Å². The van der Waals surface area contributed by atoms with Gasteiger partial charge in [0.15, 0.2) is 5.65 Å². The third-order valence-corrected chi connectivity index (χ3v) is 3.24. The minimum Gasteiger partial charge on any atom is -0.315 e. The SMILES string of the molecule is Cn1c(=O)n(C2CCNC2)c2cccnc21. The summed E-state index contributed by atoms with van der Waals surface area (Å²) in [7, 11) is 1.77. The number of aryl methyl sites for hydroxylation is 1. The molecule has 1 N–H and O–H groups in total. The molecule has 2 aromatic rings. The van der Waals surface area contributed by atoms with Gasteiger partial charge < -0.3 is 5.32 Å². The van der Waals surface area contributed by atoms with Gasteiger partial charge in [-0.1, -0.05) is 0 Å². The molecule has 1 aliphatic rings. The summed E-state index contributed by atoms with van der Waals surface area (Å²) < 4.78 is 3.48. The van der Waals surface area contributed by atoms with Crippen molar-refractivity contribution in [3.8, 4) is 0 Å². The molecule has 1 atom stereocenters. The van der Waals surface area contributed by atoms with Gasteiger partial charge in [-0.25, -0.2) is 9.78 Å². The van der Waals surface area contributed by atoms with Gasteiger partial charge in [-0.05, 0) is 25.1 Å². The second-order valence-corrected chi connectivity index (χ2v) is 4.20. The molecule has 0 aromatic carbocycles. The lowest BCUT2D eigenvalue weighted by Crippen LogP contribution is -2.27. The van der Waals surface area contributed by atoms with E-state index in [2.05, 4.69) is 10.3 Å². The summed E-state index contributed by atoms with van der Waals surface area (Å²) in [6, 6.07) is 4.10. The number of hydrogen-bond acceptors (Lipinski definition) is 3. The zero-order valence-corrected chi connectivity index (χ0v) is 9.18. The lowest BCUT2D eigenvalue weighted by Gasteiger charge is -2.09. The molecule has 1 saturated heterocycles. The zero-order valence-electron chi connectivity index (χ0n) is 9.18. The van der Waals surface area contributed by atoms with Crippen LogP contribution in [0.1, 0.15) is 12.5 Å². The summed E-state index contributed by atoms with van der Waals surface area (Å²) in [4.78, 5) is 16.4. The molecule has 0 radical (unpaired) electrons. The highest BCUT2D eigenvalue weighted by Crippen LogP contribution is 2.18. The molecule has 3 rings (SSSR count). The Morgan fingerprint density at radius 1 is 1.56 bits per heavy atom. The fraction of sp³-hybridized carbons (Fsp3) is 0.455. The maximum atomic E-state index is 12.1. The van der Waals surface area contributed by atoms with Crippen molar-refractivity contribution < 1.29 is 0 Å². The summed E-state index contributed by atoms with van der Waals surface area (Å²) in [5.41, 5.74) is 1.73. The molecule has 0 bridgehead atoms. The molecule has 16 heavy (non-hydrogen) atoms. The number of imidazole rings is 1. The van der Waals surface area contributed by atoms with E-state index in [0.717, 1.165) is 30.7 Å². The van der Waals surface area contributed by atoms with Crippen molar-refractivity contribution in [2.24, 2.45) is 7.05 Å². The number of hydrogen-bond donors (Lipinski definition) is 1. The lowest BCUT2D eigenvalue weighted by molar-refractivity contribution is 0.535. The van der Waals surface area contributed by atoms with Crippen LogP contribution < -0.4 is 11.0 Å². The molecule has 0 amide bonds. The summed E-state index contributed by atoms with van der Waals surface area (Å²) in [5.74, 6) is 0. The van der Waals surface area contributed by atoms with Crippen molar-refractivity contribution in [3.63, 3.8) is 0 Å². The van der Waals surface area contributed by atoms with E-state index in [4.69, 9.17) is 0 Å². The van der Waals surface area contributed by atoms with E-state index in [9.17, 15) is 4.79 Å². The minimum absolute atomic E-state index is 0.0300. The van der Waals surface area contributed by atoms with Crippen molar-refractivity contribution in [3.05, 3.63) is 28.8 Å². The van der Waals surface area contributed by atoms with Gasteiger partial charge in [0, 0.05) is 19.8 Å². The van der Waals surface area contributed by atoms with Crippen LogP contribution in [0.2, 0.25) is 0 Å². The fourth-order valence-electron chi connectivity index (χ4n) is 2.40. The molecule has 0 spiro atoms. The van der Waals surface area contributed by atoms with E-state index in [0.29, 0.717) is 0 Å². The average molecular weight is 218 g/mol. The highest BCUT2D eigenvalue weighted by Gasteiger charge is 2.22. The quantitative estimate of drug-likeness (QED) is 0.747. The van der Waals surface area contributed by atoms with E-state index >= 15 is 0 Å². The van der Waals surface area contributed by atoms with Crippen molar-refractivity contribution >= 4 is 11.2 Å². The van der Waals surface area contributed by atoms with Crippen molar-refractivity contribution in [2.45, 2.75) is 12.5 Å². The van der Waals surface area contributed by atoms with E-state index in [-0.39, 0.29) is 11.7 Å². The fourth-order valence-corrected chi connectivity index (χ4v) is 2.40. The molecule has 5 heteroatoms. The van der Waals surface area contributed by atoms with Crippen LogP contribution in [0, 0.1) is 0 Å². The Bertz CT molecular complexity index is 577. The Labute approximate surface area is 92.7 Å². The number of aromatic nitrogens is 3. The Morgan fingerprint density at radius 2 is 2.44 bits per heavy atom. The standard InChI is InChI=1S/C11H14N4O/c1-14-10-9(3-2-5-13-10)15(11(14)16)8-4-6-12-7-8/h2-3,5,8,12H,4,6-7H2,1H3. The van der Waals surface area contributed by atoms with E-state index in [1.807, 2.05) is 16.7 Å². The second kappa shape index (κ2) is 3.45. The third kappa shape index (κ3) is 1.21. The van der Waals surface area contributed by atoms with Gasteiger partial charge >= 0.3 is 5.69 Å². The normalized spacial score (nSPS) is 20.7. The maximum Gasteiger partial charge on any atom is 0.330 e. The summed E-state index contributed by atoms with van der Waals surface area (Å²) in [6.07, 6.45) is 2.73. The van der Waals surface area contributed by atoms with Gasteiger partial charge in [0.1, 0.15) is 0 Å². The molecule has 84 valence electrons. The van der Waals surface area contributed by atoms with Gasteiger partial charge in [-0.15, -0.1) is 0 Å². The minimum atomic E-state index is 0.0300. The maximum absolute atomic E-state index is 12.1.